The van der Waals surface area contributed by atoms with Gasteiger partial charge in [0.15, 0.2) is 0 Å². The minimum atomic E-state index is -0.118. The molecule has 0 fully saturated rings. The van der Waals surface area contributed by atoms with E-state index in [2.05, 4.69) is 30.7 Å². The minimum absolute atomic E-state index is 0.118. The quantitative estimate of drug-likeness (QED) is 0.212. The first kappa shape index (κ1) is 24.9. The lowest BCUT2D eigenvalue weighted by molar-refractivity contribution is -0.0389. The van der Waals surface area contributed by atoms with E-state index in [1.54, 1.807) is 32.4 Å². The first-order valence-electron chi connectivity index (χ1n) is 9.72. The molecule has 8 heteroatoms. The zero-order valence-electron chi connectivity index (χ0n) is 17.3. The van der Waals surface area contributed by atoms with Gasteiger partial charge in [0.2, 0.25) is 0 Å². The molecule has 2 heterocycles. The molecular weight excluding hydrogens is 441 g/mol. The van der Waals surface area contributed by atoms with Crippen molar-refractivity contribution in [2.75, 3.05) is 24.7 Å². The van der Waals surface area contributed by atoms with Crippen LogP contribution in [0.3, 0.4) is 0 Å². The third kappa shape index (κ3) is 12.2. The minimum Gasteiger partial charge on any atom is -0.378 e. The molecule has 0 N–H and O–H groups in total. The van der Waals surface area contributed by atoms with Crippen LogP contribution in [0.2, 0.25) is 0 Å². The van der Waals surface area contributed by atoms with Crippen LogP contribution in [0.4, 0.5) is 0 Å². The monoisotopic (exact) mass is 470 g/mol. The van der Waals surface area contributed by atoms with Crippen LogP contribution in [-0.4, -0.2) is 46.4 Å². The Morgan fingerprint density at radius 2 is 1.52 bits per heavy atom. The van der Waals surface area contributed by atoms with E-state index in [0.29, 0.717) is 0 Å². The zero-order valence-corrected chi connectivity index (χ0v) is 20.5. The van der Waals surface area contributed by atoms with E-state index in [4.69, 9.17) is 9.47 Å². The lowest BCUT2D eigenvalue weighted by atomic mass is 10.1. The van der Waals surface area contributed by atoms with Gasteiger partial charge in [-0.15, -0.1) is 0 Å². The standard InChI is InChI=1S/C21H30N2O2S4/c1-18(24-15-17-27-29-20-9-5-7-13-23-20)10-14-25-21(2,3)11-16-26-28-19-8-4-6-12-22-19/h4-9,12-13,18H,10-11,14-17H2,1-3H3. The lowest BCUT2D eigenvalue weighted by Crippen LogP contribution is -2.27. The molecule has 4 nitrogen and oxygen atoms in total. The maximum atomic E-state index is 6.10. The van der Waals surface area contributed by atoms with Crippen molar-refractivity contribution in [3.63, 3.8) is 0 Å². The number of hydrogen-bond donors (Lipinski definition) is 0. The van der Waals surface area contributed by atoms with Gasteiger partial charge in [-0.1, -0.05) is 33.7 Å². The average Bonchev–Trinajstić information content (AvgIpc) is 2.72. The van der Waals surface area contributed by atoms with E-state index in [9.17, 15) is 0 Å². The number of nitrogens with zero attached hydrogens (tertiary/aromatic N) is 2. The molecule has 0 radical (unpaired) electrons. The molecule has 0 aliphatic rings. The Morgan fingerprint density at radius 1 is 0.897 bits per heavy atom. The summed E-state index contributed by atoms with van der Waals surface area (Å²) in [5.41, 5.74) is -0.118. The second-order valence-corrected chi connectivity index (χ2v) is 11.8. The number of pyridine rings is 2. The zero-order chi connectivity index (χ0) is 20.8. The molecule has 0 spiro atoms. The van der Waals surface area contributed by atoms with E-state index in [1.807, 2.05) is 59.6 Å². The van der Waals surface area contributed by atoms with Gasteiger partial charge in [0, 0.05) is 30.5 Å². The highest BCUT2D eigenvalue weighted by atomic mass is 33.1. The number of hydrogen-bond acceptors (Lipinski definition) is 8. The molecule has 0 bridgehead atoms. The molecule has 0 amide bonds. The van der Waals surface area contributed by atoms with Crippen molar-refractivity contribution in [1.29, 1.82) is 0 Å². The second-order valence-electron chi connectivity index (χ2n) is 6.97. The first-order chi connectivity index (χ1) is 14.1. The summed E-state index contributed by atoms with van der Waals surface area (Å²) in [5, 5.41) is 2.09. The molecule has 0 saturated carbocycles. The Bertz CT molecular complexity index is 662. The summed E-state index contributed by atoms with van der Waals surface area (Å²) in [6, 6.07) is 12.0. The summed E-state index contributed by atoms with van der Waals surface area (Å²) in [6.45, 7) is 7.91. The number of rotatable bonds is 15. The fourth-order valence-corrected chi connectivity index (χ4v) is 6.12. The first-order valence-corrected chi connectivity index (χ1v) is 14.4. The van der Waals surface area contributed by atoms with Crippen molar-refractivity contribution in [3.8, 4) is 0 Å². The van der Waals surface area contributed by atoms with Crippen molar-refractivity contribution in [2.24, 2.45) is 0 Å². The smallest absolute Gasteiger partial charge is 0.106 e. The van der Waals surface area contributed by atoms with E-state index < -0.39 is 0 Å². The van der Waals surface area contributed by atoms with Gasteiger partial charge < -0.3 is 9.47 Å². The summed E-state index contributed by atoms with van der Waals surface area (Å²) in [7, 11) is 7.02. The van der Waals surface area contributed by atoms with Crippen LogP contribution >= 0.6 is 43.2 Å². The summed E-state index contributed by atoms with van der Waals surface area (Å²) in [5.74, 6) is 1.98. The molecule has 2 rings (SSSR count). The fourth-order valence-electron chi connectivity index (χ4n) is 2.22. The second kappa shape index (κ2) is 14.6. The van der Waals surface area contributed by atoms with Crippen LogP contribution in [0.1, 0.15) is 33.6 Å². The van der Waals surface area contributed by atoms with Gasteiger partial charge in [0.1, 0.15) is 10.1 Å². The van der Waals surface area contributed by atoms with Crippen molar-refractivity contribution < 1.29 is 9.47 Å². The molecule has 0 aliphatic carbocycles. The lowest BCUT2D eigenvalue weighted by Gasteiger charge is -2.26. The molecule has 29 heavy (non-hydrogen) atoms. The Hall–Kier alpha value is -0.380. The number of ether oxygens (including phenoxy) is 2. The fraction of sp³-hybridized carbons (Fsp3) is 0.524. The van der Waals surface area contributed by atoms with Crippen molar-refractivity contribution in [1.82, 2.24) is 9.97 Å². The topological polar surface area (TPSA) is 44.2 Å². The van der Waals surface area contributed by atoms with Crippen LogP contribution in [0.25, 0.3) is 0 Å². The Labute approximate surface area is 190 Å². The molecule has 0 saturated heterocycles. The molecule has 160 valence electrons. The van der Waals surface area contributed by atoms with Gasteiger partial charge in [-0.3, -0.25) is 0 Å². The van der Waals surface area contributed by atoms with Crippen LogP contribution in [0.15, 0.2) is 58.8 Å². The Morgan fingerprint density at radius 3 is 2.10 bits per heavy atom. The molecule has 0 aromatic carbocycles. The average molecular weight is 471 g/mol. The maximum absolute atomic E-state index is 6.10. The maximum Gasteiger partial charge on any atom is 0.106 e. The summed E-state index contributed by atoms with van der Waals surface area (Å²) >= 11 is 0. The van der Waals surface area contributed by atoms with E-state index in [-0.39, 0.29) is 11.7 Å². The van der Waals surface area contributed by atoms with Gasteiger partial charge in [-0.25, -0.2) is 9.97 Å². The highest BCUT2D eigenvalue weighted by Crippen LogP contribution is 2.31. The van der Waals surface area contributed by atoms with Crippen molar-refractivity contribution >= 4 is 43.2 Å². The normalized spacial score (nSPS) is 12.8. The van der Waals surface area contributed by atoms with E-state index in [1.165, 1.54) is 0 Å². The predicted octanol–water partition coefficient (Wildman–Crippen LogP) is 6.64. The summed E-state index contributed by atoms with van der Waals surface area (Å²) in [6.07, 6.45) is 5.78. The van der Waals surface area contributed by atoms with Crippen LogP contribution in [-0.2, 0) is 9.47 Å². The van der Waals surface area contributed by atoms with Crippen molar-refractivity contribution in [3.05, 3.63) is 48.8 Å². The Balaban J connectivity index is 1.46. The Kier molecular flexibility index (Phi) is 12.5. The molecule has 2 aromatic rings. The molecule has 1 unspecified atom stereocenters. The van der Waals surface area contributed by atoms with E-state index in [0.717, 1.165) is 47.6 Å². The molecular formula is C21H30N2O2S4. The SMILES string of the molecule is CC(CCOC(C)(C)CCSSc1ccccn1)OCCSSc1ccccn1. The van der Waals surface area contributed by atoms with Crippen molar-refractivity contribution in [2.45, 2.75) is 55.4 Å². The van der Waals surface area contributed by atoms with Gasteiger partial charge in [-0.2, -0.15) is 0 Å². The van der Waals surface area contributed by atoms with Gasteiger partial charge in [-0.05, 0) is 79.5 Å². The molecule has 0 aliphatic heterocycles. The van der Waals surface area contributed by atoms with E-state index >= 15 is 0 Å². The predicted molar refractivity (Wildman–Crippen MR) is 130 cm³/mol. The summed E-state index contributed by atoms with van der Waals surface area (Å²) < 4.78 is 12.0. The molecule has 2 aromatic heterocycles. The van der Waals surface area contributed by atoms with Crippen LogP contribution in [0.5, 0.6) is 0 Å². The summed E-state index contributed by atoms with van der Waals surface area (Å²) in [4.78, 5) is 8.62. The highest BCUT2D eigenvalue weighted by molar-refractivity contribution is 8.77. The third-order valence-electron chi connectivity index (χ3n) is 3.94. The molecule has 1 atom stereocenters. The van der Waals surface area contributed by atoms with Gasteiger partial charge in [0.25, 0.3) is 0 Å². The number of aromatic nitrogens is 2. The van der Waals surface area contributed by atoms with Crippen LogP contribution < -0.4 is 0 Å². The largest absolute Gasteiger partial charge is 0.378 e. The third-order valence-corrected chi connectivity index (χ3v) is 8.43. The van der Waals surface area contributed by atoms with Crippen LogP contribution in [0, 0.1) is 0 Å². The van der Waals surface area contributed by atoms with Gasteiger partial charge in [0.05, 0.1) is 18.3 Å². The highest BCUT2D eigenvalue weighted by Gasteiger charge is 2.18. The van der Waals surface area contributed by atoms with Gasteiger partial charge >= 0.3 is 0 Å².